The monoisotopic (exact) mass is 527 g/mol. The summed E-state index contributed by atoms with van der Waals surface area (Å²) in [6, 6.07) is 13.9. The lowest BCUT2D eigenvalue weighted by Crippen LogP contribution is -2.51. The molecule has 0 aliphatic heterocycles. The Kier molecular flexibility index (Phi) is 8.41. The predicted molar refractivity (Wildman–Crippen MR) is 139 cm³/mol. The molecule has 1 aliphatic rings. The van der Waals surface area contributed by atoms with Gasteiger partial charge in [-0.2, -0.15) is 0 Å². The molecule has 37 heavy (non-hydrogen) atoms. The minimum atomic E-state index is -0.838. The second kappa shape index (κ2) is 11.7. The number of ether oxygens (including phenoxy) is 1. The number of nitrogens with zero attached hydrogens (tertiary/aromatic N) is 1. The molecule has 2 amide bonds. The van der Waals surface area contributed by atoms with E-state index in [0.29, 0.717) is 34.0 Å². The number of nitrogens with two attached hydrogens (primary N) is 1. The van der Waals surface area contributed by atoms with E-state index in [-0.39, 0.29) is 30.1 Å². The number of para-hydroxylation sites is 1. The van der Waals surface area contributed by atoms with E-state index in [9.17, 15) is 18.4 Å². The van der Waals surface area contributed by atoms with Gasteiger partial charge in [0.1, 0.15) is 17.4 Å². The van der Waals surface area contributed by atoms with Crippen LogP contribution in [-0.2, 0) is 6.54 Å². The van der Waals surface area contributed by atoms with Crippen molar-refractivity contribution in [2.45, 2.75) is 44.3 Å². The summed E-state index contributed by atoms with van der Waals surface area (Å²) < 4.78 is 33.1. The van der Waals surface area contributed by atoms with E-state index in [0.717, 1.165) is 37.5 Å². The van der Waals surface area contributed by atoms with Gasteiger partial charge in [-0.25, -0.2) is 8.78 Å². The highest BCUT2D eigenvalue weighted by Crippen LogP contribution is 2.29. The Morgan fingerprint density at radius 2 is 1.76 bits per heavy atom. The summed E-state index contributed by atoms with van der Waals surface area (Å²) in [6.45, 7) is 0.0481. The highest BCUT2D eigenvalue weighted by molar-refractivity contribution is 6.31. The number of carbonyl (C=O) groups excluding carboxylic acids is 2. The van der Waals surface area contributed by atoms with Crippen LogP contribution >= 0.6 is 11.6 Å². The van der Waals surface area contributed by atoms with Crippen LogP contribution in [0.4, 0.5) is 14.5 Å². The SMILES string of the molecule is COc1ccccc1C(=O)Nc1ccc(Cl)c(CN(C(=O)c2cc(F)cc(F)c2)C2CCCCC2N)c1. The summed E-state index contributed by atoms with van der Waals surface area (Å²) in [6.07, 6.45) is 3.21. The molecule has 0 heterocycles. The smallest absolute Gasteiger partial charge is 0.259 e. The molecule has 2 atom stereocenters. The first-order valence-electron chi connectivity index (χ1n) is 12.0. The first kappa shape index (κ1) is 26.6. The fourth-order valence-electron chi connectivity index (χ4n) is 4.70. The van der Waals surface area contributed by atoms with E-state index < -0.39 is 17.5 Å². The van der Waals surface area contributed by atoms with E-state index in [1.165, 1.54) is 12.0 Å². The molecule has 6 nitrogen and oxygen atoms in total. The Hall–Kier alpha value is -3.49. The molecule has 0 bridgehead atoms. The van der Waals surface area contributed by atoms with Crippen molar-refractivity contribution in [3.63, 3.8) is 0 Å². The van der Waals surface area contributed by atoms with Crippen LogP contribution in [0.2, 0.25) is 5.02 Å². The number of methoxy groups -OCH3 is 1. The van der Waals surface area contributed by atoms with Gasteiger partial charge < -0.3 is 20.7 Å². The average molecular weight is 528 g/mol. The third-order valence-electron chi connectivity index (χ3n) is 6.55. The molecule has 1 fully saturated rings. The second-order valence-corrected chi connectivity index (χ2v) is 9.47. The van der Waals surface area contributed by atoms with Gasteiger partial charge in [-0.1, -0.05) is 36.6 Å². The summed E-state index contributed by atoms with van der Waals surface area (Å²) in [4.78, 5) is 28.0. The van der Waals surface area contributed by atoms with Crippen LogP contribution in [0, 0.1) is 11.6 Å². The van der Waals surface area contributed by atoms with E-state index >= 15 is 0 Å². The fraction of sp³-hybridized carbons (Fsp3) is 0.286. The Morgan fingerprint density at radius 3 is 2.46 bits per heavy atom. The van der Waals surface area contributed by atoms with Gasteiger partial charge in [0.25, 0.3) is 11.8 Å². The van der Waals surface area contributed by atoms with Crippen molar-refractivity contribution in [1.29, 1.82) is 0 Å². The highest BCUT2D eigenvalue weighted by atomic mass is 35.5. The van der Waals surface area contributed by atoms with Gasteiger partial charge in [-0.05, 0) is 60.9 Å². The zero-order valence-corrected chi connectivity index (χ0v) is 21.1. The molecule has 2 unspecified atom stereocenters. The van der Waals surface area contributed by atoms with Crippen molar-refractivity contribution < 1.29 is 23.1 Å². The van der Waals surface area contributed by atoms with Crippen molar-refractivity contribution in [3.8, 4) is 5.75 Å². The number of nitrogens with one attached hydrogen (secondary N) is 1. The maximum atomic E-state index is 13.9. The molecule has 0 radical (unpaired) electrons. The lowest BCUT2D eigenvalue weighted by Gasteiger charge is -2.38. The normalized spacial score (nSPS) is 17.2. The molecular weight excluding hydrogens is 500 g/mol. The summed E-state index contributed by atoms with van der Waals surface area (Å²) in [5.41, 5.74) is 7.67. The number of halogens is 3. The van der Waals surface area contributed by atoms with Gasteiger partial charge >= 0.3 is 0 Å². The van der Waals surface area contributed by atoms with Crippen LogP contribution in [0.25, 0.3) is 0 Å². The number of hydrogen-bond donors (Lipinski definition) is 2. The second-order valence-electron chi connectivity index (χ2n) is 9.07. The number of anilines is 1. The molecule has 194 valence electrons. The number of rotatable bonds is 7. The topological polar surface area (TPSA) is 84.7 Å². The highest BCUT2D eigenvalue weighted by Gasteiger charge is 2.32. The number of hydrogen-bond acceptors (Lipinski definition) is 4. The largest absolute Gasteiger partial charge is 0.496 e. The van der Waals surface area contributed by atoms with Crippen molar-refractivity contribution in [3.05, 3.63) is 94.0 Å². The summed E-state index contributed by atoms with van der Waals surface area (Å²) in [7, 11) is 1.48. The van der Waals surface area contributed by atoms with Gasteiger partial charge in [-0.15, -0.1) is 0 Å². The lowest BCUT2D eigenvalue weighted by molar-refractivity contribution is 0.0582. The third kappa shape index (κ3) is 6.26. The quantitative estimate of drug-likeness (QED) is 0.407. The molecule has 3 aromatic carbocycles. The standard InChI is InChI=1S/C28H28ClF2N3O3/c1-37-26-9-5-2-6-22(26)27(35)33-21-10-11-23(29)18(14-21)16-34(25-8-4-3-7-24(25)32)28(36)17-12-19(30)15-20(31)13-17/h2,5-6,9-15,24-25H,3-4,7-8,16,32H2,1H3,(H,33,35). The van der Waals surface area contributed by atoms with Crippen LogP contribution in [0.3, 0.4) is 0 Å². The van der Waals surface area contributed by atoms with Crippen LogP contribution in [0.5, 0.6) is 5.75 Å². The van der Waals surface area contributed by atoms with Gasteiger partial charge in [0, 0.05) is 41.0 Å². The maximum Gasteiger partial charge on any atom is 0.259 e. The van der Waals surface area contributed by atoms with Gasteiger partial charge in [0.15, 0.2) is 0 Å². The third-order valence-corrected chi connectivity index (χ3v) is 6.92. The van der Waals surface area contributed by atoms with Crippen LogP contribution in [0.15, 0.2) is 60.7 Å². The minimum absolute atomic E-state index is 0.0481. The summed E-state index contributed by atoms with van der Waals surface area (Å²) >= 11 is 6.50. The maximum absolute atomic E-state index is 13.9. The molecule has 0 aromatic heterocycles. The predicted octanol–water partition coefficient (Wildman–Crippen LogP) is 5.79. The Bertz CT molecular complexity index is 1280. The average Bonchev–Trinajstić information content (AvgIpc) is 2.88. The molecule has 1 saturated carbocycles. The molecule has 3 aromatic rings. The van der Waals surface area contributed by atoms with Gasteiger partial charge in [-0.3, -0.25) is 9.59 Å². The van der Waals surface area contributed by atoms with Crippen LogP contribution in [-0.4, -0.2) is 35.9 Å². The summed E-state index contributed by atoms with van der Waals surface area (Å²) in [5.74, 6) is -2.16. The first-order valence-corrected chi connectivity index (χ1v) is 12.4. The van der Waals surface area contributed by atoms with Crippen LogP contribution in [0.1, 0.15) is 52.0 Å². The number of amides is 2. The number of carbonyl (C=O) groups is 2. The number of benzene rings is 3. The molecule has 0 spiro atoms. The zero-order chi connectivity index (χ0) is 26.5. The molecule has 4 rings (SSSR count). The Labute approximate surface area is 219 Å². The van der Waals surface area contributed by atoms with Crippen molar-refractivity contribution in [2.24, 2.45) is 5.73 Å². The van der Waals surface area contributed by atoms with Crippen molar-refractivity contribution >= 4 is 29.1 Å². The summed E-state index contributed by atoms with van der Waals surface area (Å²) in [5, 5.41) is 3.21. The zero-order valence-electron chi connectivity index (χ0n) is 20.3. The molecular formula is C28H28ClF2N3O3. The van der Waals surface area contributed by atoms with E-state index in [1.54, 1.807) is 42.5 Å². The van der Waals surface area contributed by atoms with Gasteiger partial charge in [0.05, 0.1) is 12.7 Å². The Morgan fingerprint density at radius 1 is 1.05 bits per heavy atom. The van der Waals surface area contributed by atoms with E-state index in [1.807, 2.05) is 0 Å². The minimum Gasteiger partial charge on any atom is -0.496 e. The first-order chi connectivity index (χ1) is 17.8. The van der Waals surface area contributed by atoms with Gasteiger partial charge in [0.2, 0.25) is 0 Å². The van der Waals surface area contributed by atoms with Crippen molar-refractivity contribution in [2.75, 3.05) is 12.4 Å². The molecule has 3 N–H and O–H groups in total. The molecule has 0 saturated heterocycles. The fourth-order valence-corrected chi connectivity index (χ4v) is 4.87. The van der Waals surface area contributed by atoms with Crippen molar-refractivity contribution in [1.82, 2.24) is 4.90 Å². The van der Waals surface area contributed by atoms with Crippen LogP contribution < -0.4 is 15.8 Å². The van der Waals surface area contributed by atoms with E-state index in [4.69, 9.17) is 22.1 Å². The molecule has 1 aliphatic carbocycles. The van der Waals surface area contributed by atoms with E-state index in [2.05, 4.69) is 5.32 Å². The Balaban J connectivity index is 1.64. The molecule has 9 heteroatoms. The lowest BCUT2D eigenvalue weighted by atomic mass is 9.89.